The van der Waals surface area contributed by atoms with Crippen molar-refractivity contribution in [3.05, 3.63) is 72.1 Å². The third-order valence-electron chi connectivity index (χ3n) is 4.67. The molecule has 0 spiro atoms. The Labute approximate surface area is 165 Å². The van der Waals surface area contributed by atoms with E-state index in [1.54, 1.807) is 11.8 Å². The normalized spacial score (nSPS) is 12.6. The minimum atomic E-state index is -0.0579. The van der Waals surface area contributed by atoms with Gasteiger partial charge in [-0.05, 0) is 43.7 Å². The molecule has 0 bridgehead atoms. The van der Waals surface area contributed by atoms with Crippen molar-refractivity contribution in [1.82, 2.24) is 24.8 Å². The fraction of sp³-hybridized carbons (Fsp3) is 0.143. The van der Waals surface area contributed by atoms with Gasteiger partial charge in [0, 0.05) is 10.9 Å². The Morgan fingerprint density at radius 3 is 2.57 bits per heavy atom. The average Bonchev–Trinajstić information content (AvgIpc) is 3.37. The first-order chi connectivity index (χ1) is 13.7. The largest absolute Gasteiger partial charge is 0.419 e. The van der Waals surface area contributed by atoms with E-state index in [9.17, 15) is 0 Å². The van der Waals surface area contributed by atoms with Crippen molar-refractivity contribution in [1.29, 1.82) is 0 Å². The highest BCUT2D eigenvalue weighted by Crippen LogP contribution is 2.35. The minimum Gasteiger partial charge on any atom is -0.419 e. The smallest absolute Gasteiger partial charge is 0.247 e. The van der Waals surface area contributed by atoms with Crippen molar-refractivity contribution in [2.45, 2.75) is 24.3 Å². The minimum absolute atomic E-state index is 0.0579. The van der Waals surface area contributed by atoms with Crippen LogP contribution in [0.5, 0.6) is 0 Å². The molecule has 28 heavy (non-hydrogen) atoms. The van der Waals surface area contributed by atoms with E-state index >= 15 is 0 Å². The van der Waals surface area contributed by atoms with Crippen molar-refractivity contribution < 1.29 is 4.42 Å². The molecule has 0 aliphatic heterocycles. The second-order valence-electron chi connectivity index (χ2n) is 6.59. The SMILES string of the molecule is Cc1cc2nnc(SC(C)c3nnc(-c4ccccc4)o3)n2c2ccccc12. The molecule has 3 aromatic heterocycles. The molecule has 0 saturated carbocycles. The van der Waals surface area contributed by atoms with E-state index in [2.05, 4.69) is 49.9 Å². The molecule has 7 heteroatoms. The van der Waals surface area contributed by atoms with E-state index in [0.717, 1.165) is 21.9 Å². The third kappa shape index (κ3) is 2.84. The highest BCUT2D eigenvalue weighted by atomic mass is 32.2. The quantitative estimate of drug-likeness (QED) is 0.400. The number of hydrogen-bond donors (Lipinski definition) is 0. The number of thioether (sulfide) groups is 1. The first-order valence-corrected chi connectivity index (χ1v) is 9.87. The molecule has 0 N–H and O–H groups in total. The summed E-state index contributed by atoms with van der Waals surface area (Å²) in [6.45, 7) is 4.13. The maximum atomic E-state index is 5.90. The van der Waals surface area contributed by atoms with Gasteiger partial charge < -0.3 is 4.42 Å². The average molecular weight is 387 g/mol. The number of para-hydroxylation sites is 1. The predicted octanol–water partition coefficient (Wildman–Crippen LogP) is 5.09. The molecule has 0 saturated heterocycles. The molecular weight excluding hydrogens is 370 g/mol. The summed E-state index contributed by atoms with van der Waals surface area (Å²) in [7, 11) is 0. The van der Waals surface area contributed by atoms with Crippen LogP contribution in [0.4, 0.5) is 0 Å². The molecule has 0 radical (unpaired) electrons. The van der Waals surface area contributed by atoms with Crippen molar-refractivity contribution in [2.75, 3.05) is 0 Å². The van der Waals surface area contributed by atoms with Crippen LogP contribution < -0.4 is 0 Å². The van der Waals surface area contributed by atoms with E-state index < -0.39 is 0 Å². The predicted molar refractivity (Wildman–Crippen MR) is 109 cm³/mol. The van der Waals surface area contributed by atoms with Crippen molar-refractivity contribution in [3.63, 3.8) is 0 Å². The molecule has 5 rings (SSSR count). The lowest BCUT2D eigenvalue weighted by molar-refractivity contribution is 0.509. The number of fused-ring (bicyclic) bond motifs is 3. The molecule has 5 aromatic rings. The number of rotatable bonds is 4. The second kappa shape index (κ2) is 6.76. The van der Waals surface area contributed by atoms with Gasteiger partial charge in [0.1, 0.15) is 0 Å². The Bertz CT molecular complexity index is 1280. The zero-order valence-corrected chi connectivity index (χ0v) is 16.2. The van der Waals surface area contributed by atoms with Gasteiger partial charge in [0.25, 0.3) is 0 Å². The van der Waals surface area contributed by atoms with Gasteiger partial charge in [-0.3, -0.25) is 4.40 Å². The Kier molecular flexibility index (Phi) is 4.09. The highest BCUT2D eigenvalue weighted by Gasteiger charge is 2.20. The number of aromatic nitrogens is 5. The zero-order chi connectivity index (χ0) is 19.1. The van der Waals surface area contributed by atoms with Gasteiger partial charge in [-0.15, -0.1) is 20.4 Å². The fourth-order valence-electron chi connectivity index (χ4n) is 3.26. The summed E-state index contributed by atoms with van der Waals surface area (Å²) in [6.07, 6.45) is 0. The molecule has 1 atom stereocenters. The first kappa shape index (κ1) is 16.9. The molecule has 0 fully saturated rings. The Hall–Kier alpha value is -3.19. The molecule has 138 valence electrons. The van der Waals surface area contributed by atoms with Gasteiger partial charge in [0.05, 0.1) is 10.8 Å². The summed E-state index contributed by atoms with van der Waals surface area (Å²) >= 11 is 1.56. The van der Waals surface area contributed by atoms with Gasteiger partial charge in [0.15, 0.2) is 10.8 Å². The molecule has 6 nitrogen and oxygen atoms in total. The fourth-order valence-corrected chi connectivity index (χ4v) is 4.15. The standard InChI is InChI=1S/C21H17N5OS/c1-13-12-18-22-25-21(26(18)17-11-7-6-10-16(13)17)28-14(2)19-23-24-20(27-19)15-8-4-3-5-9-15/h3-12,14H,1-2H3. The van der Waals surface area contributed by atoms with Crippen LogP contribution in [0.3, 0.4) is 0 Å². The number of aryl methyl sites for hydroxylation is 1. The summed E-state index contributed by atoms with van der Waals surface area (Å²) in [6, 6.07) is 20.1. The highest BCUT2D eigenvalue weighted by molar-refractivity contribution is 7.99. The number of nitrogens with zero attached hydrogens (tertiary/aromatic N) is 5. The lowest BCUT2D eigenvalue weighted by atomic mass is 10.1. The summed E-state index contributed by atoms with van der Waals surface area (Å²) in [5.41, 5.74) is 4.02. The van der Waals surface area contributed by atoms with Crippen LogP contribution in [0.2, 0.25) is 0 Å². The Morgan fingerprint density at radius 2 is 1.71 bits per heavy atom. The van der Waals surface area contributed by atoms with E-state index in [-0.39, 0.29) is 5.25 Å². The number of benzene rings is 2. The van der Waals surface area contributed by atoms with Crippen molar-refractivity contribution in [3.8, 4) is 11.5 Å². The van der Waals surface area contributed by atoms with E-state index in [0.29, 0.717) is 11.8 Å². The summed E-state index contributed by atoms with van der Waals surface area (Å²) in [5, 5.41) is 19.1. The second-order valence-corrected chi connectivity index (χ2v) is 7.90. The van der Waals surface area contributed by atoms with Crippen molar-refractivity contribution in [2.24, 2.45) is 0 Å². The van der Waals surface area contributed by atoms with Crippen LogP contribution >= 0.6 is 11.8 Å². The van der Waals surface area contributed by atoms with Crippen LogP contribution in [0.25, 0.3) is 28.0 Å². The van der Waals surface area contributed by atoms with Gasteiger partial charge in [-0.2, -0.15) is 0 Å². The van der Waals surface area contributed by atoms with E-state index in [1.807, 2.05) is 49.4 Å². The Balaban J connectivity index is 1.51. The van der Waals surface area contributed by atoms with Gasteiger partial charge in [-0.1, -0.05) is 48.2 Å². The molecule has 3 heterocycles. The monoisotopic (exact) mass is 387 g/mol. The van der Waals surface area contributed by atoms with Crippen LogP contribution in [0, 0.1) is 6.92 Å². The maximum absolute atomic E-state index is 5.90. The van der Waals surface area contributed by atoms with Gasteiger partial charge >= 0.3 is 0 Å². The zero-order valence-electron chi connectivity index (χ0n) is 15.4. The van der Waals surface area contributed by atoms with Crippen LogP contribution in [0.15, 0.2) is 70.2 Å². The van der Waals surface area contributed by atoms with E-state index in [1.165, 1.54) is 10.9 Å². The molecular formula is C21H17N5OS. The van der Waals surface area contributed by atoms with Crippen LogP contribution in [-0.2, 0) is 0 Å². The van der Waals surface area contributed by atoms with Crippen LogP contribution in [0.1, 0.15) is 23.6 Å². The summed E-state index contributed by atoms with van der Waals surface area (Å²) in [4.78, 5) is 0. The molecule has 2 aromatic carbocycles. The van der Waals surface area contributed by atoms with Crippen molar-refractivity contribution >= 4 is 28.3 Å². The van der Waals surface area contributed by atoms with Gasteiger partial charge in [-0.25, -0.2) is 0 Å². The lowest BCUT2D eigenvalue weighted by Crippen LogP contribution is -1.95. The summed E-state index contributed by atoms with van der Waals surface area (Å²) in [5.74, 6) is 1.09. The molecule has 0 aliphatic rings. The molecule has 1 unspecified atom stereocenters. The maximum Gasteiger partial charge on any atom is 0.247 e. The lowest BCUT2D eigenvalue weighted by Gasteiger charge is -2.09. The molecule has 0 amide bonds. The topological polar surface area (TPSA) is 69.1 Å². The molecule has 0 aliphatic carbocycles. The number of pyridine rings is 1. The third-order valence-corrected chi connectivity index (χ3v) is 5.70. The first-order valence-electron chi connectivity index (χ1n) is 8.99. The van der Waals surface area contributed by atoms with Crippen LogP contribution in [-0.4, -0.2) is 24.8 Å². The van der Waals surface area contributed by atoms with Gasteiger partial charge in [0.2, 0.25) is 11.8 Å². The summed E-state index contributed by atoms with van der Waals surface area (Å²) < 4.78 is 7.98. The Morgan fingerprint density at radius 1 is 0.929 bits per heavy atom. The van der Waals surface area contributed by atoms with E-state index in [4.69, 9.17) is 4.42 Å². The number of hydrogen-bond acceptors (Lipinski definition) is 6.